The summed E-state index contributed by atoms with van der Waals surface area (Å²) in [7, 11) is 0. The van der Waals surface area contributed by atoms with Gasteiger partial charge >= 0.3 is 5.97 Å². The second kappa shape index (κ2) is 10.3. The molecule has 0 aliphatic carbocycles. The highest BCUT2D eigenvalue weighted by molar-refractivity contribution is 6.32. The van der Waals surface area contributed by atoms with Gasteiger partial charge in [0.2, 0.25) is 0 Å². The van der Waals surface area contributed by atoms with Gasteiger partial charge in [-0.15, -0.1) is 0 Å². The van der Waals surface area contributed by atoms with E-state index >= 15 is 0 Å². The first-order valence-corrected chi connectivity index (χ1v) is 9.98. The molecule has 0 aromatic heterocycles. The summed E-state index contributed by atoms with van der Waals surface area (Å²) in [5.74, 6) is -0.125. The smallest absolute Gasteiger partial charge is 0.335 e. The van der Waals surface area contributed by atoms with Crippen LogP contribution in [0.5, 0.6) is 11.5 Å². The van der Waals surface area contributed by atoms with Crippen molar-refractivity contribution in [3.05, 3.63) is 94.0 Å². The number of carboxylic acid groups (broad SMARTS) is 1. The van der Waals surface area contributed by atoms with E-state index < -0.39 is 5.97 Å². The van der Waals surface area contributed by atoms with Crippen LogP contribution >= 0.6 is 11.6 Å². The number of carboxylic acids is 1. The predicted octanol–water partition coefficient (Wildman–Crippen LogP) is 6.08. The van der Waals surface area contributed by atoms with Crippen LogP contribution in [0.3, 0.4) is 0 Å². The van der Waals surface area contributed by atoms with Crippen molar-refractivity contribution in [3.8, 4) is 17.6 Å². The van der Waals surface area contributed by atoms with Crippen LogP contribution in [0.15, 0.2) is 66.7 Å². The first kappa shape index (κ1) is 21.9. The molecule has 0 spiro atoms. The minimum Gasteiger partial charge on any atom is -0.490 e. The van der Waals surface area contributed by atoms with Gasteiger partial charge in [0.1, 0.15) is 6.61 Å². The van der Waals surface area contributed by atoms with Gasteiger partial charge in [0.25, 0.3) is 0 Å². The Morgan fingerprint density at radius 1 is 1.06 bits per heavy atom. The van der Waals surface area contributed by atoms with Gasteiger partial charge in [-0.3, -0.25) is 0 Å². The Morgan fingerprint density at radius 2 is 1.77 bits per heavy atom. The molecule has 0 bridgehead atoms. The van der Waals surface area contributed by atoms with E-state index in [1.165, 1.54) is 12.1 Å². The van der Waals surface area contributed by atoms with E-state index in [2.05, 4.69) is 6.07 Å². The highest BCUT2D eigenvalue weighted by Gasteiger charge is 2.13. The fourth-order valence-corrected chi connectivity index (χ4v) is 3.21. The lowest BCUT2D eigenvalue weighted by atomic mass is 10.0. The maximum atomic E-state index is 11.0. The summed E-state index contributed by atoms with van der Waals surface area (Å²) in [4.78, 5) is 11.0. The van der Waals surface area contributed by atoms with Gasteiger partial charge in [-0.1, -0.05) is 54.1 Å². The molecule has 0 radical (unpaired) electrons. The molecular formula is C25H20ClNO4. The Labute approximate surface area is 185 Å². The maximum Gasteiger partial charge on any atom is 0.335 e. The third-order valence-corrected chi connectivity index (χ3v) is 4.71. The number of nitriles is 1. The van der Waals surface area contributed by atoms with Crippen LogP contribution in [0.1, 0.15) is 34.0 Å². The van der Waals surface area contributed by atoms with E-state index in [4.69, 9.17) is 26.2 Å². The lowest BCUT2D eigenvalue weighted by molar-refractivity contribution is 0.0697. The average molecular weight is 434 g/mol. The second-order valence-electron chi connectivity index (χ2n) is 6.59. The van der Waals surface area contributed by atoms with Crippen molar-refractivity contribution >= 4 is 29.2 Å². The molecule has 3 aromatic rings. The van der Waals surface area contributed by atoms with Crippen LogP contribution in [-0.4, -0.2) is 17.7 Å². The van der Waals surface area contributed by atoms with Crippen LogP contribution in [0.2, 0.25) is 5.02 Å². The topological polar surface area (TPSA) is 79.5 Å². The van der Waals surface area contributed by atoms with E-state index in [-0.39, 0.29) is 12.2 Å². The van der Waals surface area contributed by atoms with E-state index in [9.17, 15) is 10.1 Å². The lowest BCUT2D eigenvalue weighted by Gasteiger charge is -2.15. The summed E-state index contributed by atoms with van der Waals surface area (Å²) < 4.78 is 11.6. The molecule has 0 unspecified atom stereocenters. The zero-order valence-electron chi connectivity index (χ0n) is 16.8. The quantitative estimate of drug-likeness (QED) is 0.344. The largest absolute Gasteiger partial charge is 0.490 e. The first-order valence-electron chi connectivity index (χ1n) is 9.60. The molecule has 6 heteroatoms. The molecule has 3 aromatic carbocycles. The summed E-state index contributed by atoms with van der Waals surface area (Å²) in [5, 5.41) is 18.9. The first-order chi connectivity index (χ1) is 15.0. The third-order valence-electron chi connectivity index (χ3n) is 4.43. The molecule has 0 heterocycles. The van der Waals surface area contributed by atoms with Gasteiger partial charge in [0.15, 0.2) is 11.5 Å². The third kappa shape index (κ3) is 5.65. The molecule has 0 amide bonds. The van der Waals surface area contributed by atoms with Crippen LogP contribution in [0.25, 0.3) is 11.6 Å². The monoisotopic (exact) mass is 433 g/mol. The van der Waals surface area contributed by atoms with Crippen molar-refractivity contribution in [3.63, 3.8) is 0 Å². The van der Waals surface area contributed by atoms with Gasteiger partial charge < -0.3 is 14.6 Å². The van der Waals surface area contributed by atoms with Crippen molar-refractivity contribution in [2.75, 3.05) is 6.61 Å². The molecule has 1 N–H and O–H groups in total. The van der Waals surface area contributed by atoms with Gasteiger partial charge in [-0.25, -0.2) is 4.79 Å². The second-order valence-corrected chi connectivity index (χ2v) is 7.00. The molecular weight excluding hydrogens is 414 g/mol. The molecule has 5 nitrogen and oxygen atoms in total. The molecule has 0 saturated carbocycles. The Bertz CT molecular complexity index is 1130. The van der Waals surface area contributed by atoms with E-state index in [0.717, 1.165) is 11.1 Å². The number of allylic oxidation sites excluding steroid dienone is 1. The maximum absolute atomic E-state index is 11.0. The summed E-state index contributed by atoms with van der Waals surface area (Å²) in [5.41, 5.74) is 3.03. The molecule has 0 atom stereocenters. The fourth-order valence-electron chi connectivity index (χ4n) is 2.94. The molecule has 156 valence electrons. The van der Waals surface area contributed by atoms with Gasteiger partial charge in [0, 0.05) is 0 Å². The molecule has 0 aliphatic heterocycles. The Balaban J connectivity index is 1.87. The Morgan fingerprint density at radius 3 is 2.39 bits per heavy atom. The molecule has 0 saturated heterocycles. The van der Waals surface area contributed by atoms with E-state index in [1.807, 2.05) is 37.3 Å². The van der Waals surface area contributed by atoms with Crippen molar-refractivity contribution in [2.45, 2.75) is 13.5 Å². The number of halogens is 1. The van der Waals surface area contributed by atoms with Gasteiger partial charge in [-0.2, -0.15) is 5.26 Å². The highest BCUT2D eigenvalue weighted by Crippen LogP contribution is 2.38. The molecule has 0 fully saturated rings. The number of nitrogens with zero attached hydrogens (tertiary/aromatic N) is 1. The number of benzene rings is 3. The summed E-state index contributed by atoms with van der Waals surface area (Å²) in [6.45, 7) is 2.47. The molecule has 0 aliphatic rings. The van der Waals surface area contributed by atoms with E-state index in [1.54, 1.807) is 30.3 Å². The van der Waals surface area contributed by atoms with Crippen LogP contribution < -0.4 is 9.47 Å². The number of hydrogen-bond acceptors (Lipinski definition) is 4. The van der Waals surface area contributed by atoms with Gasteiger partial charge in [-0.05, 0) is 54.0 Å². The zero-order valence-corrected chi connectivity index (χ0v) is 17.6. The van der Waals surface area contributed by atoms with E-state index in [0.29, 0.717) is 34.3 Å². The SMILES string of the molecule is CCOc1cc(/C=C(\C#N)c2ccccc2)cc(Cl)c1OCc1ccc(C(=O)O)cc1. The minimum atomic E-state index is -0.981. The van der Waals surface area contributed by atoms with Crippen molar-refractivity contribution in [2.24, 2.45) is 0 Å². The minimum absolute atomic E-state index is 0.197. The summed E-state index contributed by atoms with van der Waals surface area (Å²) in [6.07, 6.45) is 1.75. The zero-order chi connectivity index (χ0) is 22.2. The number of rotatable bonds is 8. The van der Waals surface area contributed by atoms with Crippen molar-refractivity contribution < 1.29 is 19.4 Å². The number of ether oxygens (including phenoxy) is 2. The summed E-state index contributed by atoms with van der Waals surface area (Å²) in [6, 6.07) is 21.5. The fraction of sp³-hybridized carbons (Fsp3) is 0.120. The lowest BCUT2D eigenvalue weighted by Crippen LogP contribution is -2.02. The predicted molar refractivity (Wildman–Crippen MR) is 120 cm³/mol. The molecule has 31 heavy (non-hydrogen) atoms. The van der Waals surface area contributed by atoms with Crippen molar-refractivity contribution in [1.29, 1.82) is 5.26 Å². The highest BCUT2D eigenvalue weighted by atomic mass is 35.5. The number of carbonyl (C=O) groups is 1. The normalized spacial score (nSPS) is 10.9. The Hall–Kier alpha value is -3.75. The number of aromatic carboxylic acids is 1. The van der Waals surface area contributed by atoms with Crippen molar-refractivity contribution in [1.82, 2.24) is 0 Å². The van der Waals surface area contributed by atoms with Gasteiger partial charge in [0.05, 0.1) is 28.8 Å². The Kier molecular flexibility index (Phi) is 7.31. The molecule has 3 rings (SSSR count). The van der Waals surface area contributed by atoms with Crippen LogP contribution in [0, 0.1) is 11.3 Å². The number of hydrogen-bond donors (Lipinski definition) is 1. The average Bonchev–Trinajstić information content (AvgIpc) is 2.78. The van der Waals surface area contributed by atoms with Crippen LogP contribution in [-0.2, 0) is 6.61 Å². The standard InChI is InChI=1S/C25H20ClNO4/c1-2-30-23-14-18(12-21(15-27)19-6-4-3-5-7-19)13-22(26)24(23)31-16-17-8-10-20(11-9-17)25(28)29/h3-14H,2,16H2,1H3,(H,28,29)/b21-12+. The van der Waals surface area contributed by atoms with Crippen LogP contribution in [0.4, 0.5) is 0 Å². The summed E-state index contributed by atoms with van der Waals surface area (Å²) >= 11 is 6.48.